The van der Waals surface area contributed by atoms with E-state index in [9.17, 15) is 4.79 Å². The molecular weight excluding hydrogens is 316 g/mol. The van der Waals surface area contributed by atoms with Crippen LogP contribution in [0.25, 0.3) is 11.0 Å². The van der Waals surface area contributed by atoms with E-state index in [4.69, 9.17) is 11.6 Å². The second-order valence-electron chi connectivity index (χ2n) is 5.51. The lowest BCUT2D eigenvalue weighted by Crippen LogP contribution is -2.24. The summed E-state index contributed by atoms with van der Waals surface area (Å²) in [5, 5.41) is 14.7. The van der Waals surface area contributed by atoms with Crippen molar-refractivity contribution < 1.29 is 4.79 Å². The molecular formula is C15H15ClN6O. The SMILES string of the molecule is O=C(Cc1c[nH]c2nccc(Cl)c12)Nc1n[nH]c2c1CNCC2. The standard InChI is InChI=1S/C15H15ClN6O/c16-10-1-4-18-15-13(10)8(6-19-15)5-12(23)20-14-9-7-17-3-2-11(9)21-22-14/h1,4,6,17H,2-3,5,7H2,(H,18,19)(H2,20,21,22,23). The number of aromatic amines is 2. The van der Waals surface area contributed by atoms with Crippen LogP contribution in [-0.2, 0) is 24.2 Å². The number of pyridine rings is 1. The summed E-state index contributed by atoms with van der Waals surface area (Å²) in [6, 6.07) is 1.72. The molecule has 7 nitrogen and oxygen atoms in total. The molecule has 3 aromatic rings. The molecule has 4 heterocycles. The van der Waals surface area contributed by atoms with Gasteiger partial charge in [-0.15, -0.1) is 0 Å². The van der Waals surface area contributed by atoms with Crippen molar-refractivity contribution in [3.05, 3.63) is 40.3 Å². The molecule has 4 N–H and O–H groups in total. The Morgan fingerprint density at radius 1 is 1.43 bits per heavy atom. The molecule has 1 amide bonds. The van der Waals surface area contributed by atoms with Crippen molar-refractivity contribution in [2.24, 2.45) is 0 Å². The first-order valence-electron chi connectivity index (χ1n) is 7.39. The van der Waals surface area contributed by atoms with Crippen LogP contribution in [0.1, 0.15) is 16.8 Å². The highest BCUT2D eigenvalue weighted by atomic mass is 35.5. The Labute approximate surface area is 136 Å². The number of nitrogens with one attached hydrogen (secondary N) is 4. The van der Waals surface area contributed by atoms with Crippen molar-refractivity contribution in [3.63, 3.8) is 0 Å². The molecule has 8 heteroatoms. The molecule has 0 saturated heterocycles. The summed E-state index contributed by atoms with van der Waals surface area (Å²) in [5.74, 6) is 0.465. The van der Waals surface area contributed by atoms with Crippen LogP contribution in [0.2, 0.25) is 5.02 Å². The number of carbonyl (C=O) groups is 1. The molecule has 0 atom stereocenters. The lowest BCUT2D eigenvalue weighted by molar-refractivity contribution is -0.115. The van der Waals surface area contributed by atoms with E-state index in [0.717, 1.165) is 35.2 Å². The third-order valence-corrected chi connectivity index (χ3v) is 4.33. The maximum Gasteiger partial charge on any atom is 0.230 e. The number of H-pyrrole nitrogens is 2. The van der Waals surface area contributed by atoms with Gasteiger partial charge >= 0.3 is 0 Å². The largest absolute Gasteiger partial charge is 0.346 e. The van der Waals surface area contributed by atoms with Gasteiger partial charge in [-0.3, -0.25) is 9.89 Å². The van der Waals surface area contributed by atoms with E-state index >= 15 is 0 Å². The van der Waals surface area contributed by atoms with Crippen molar-refractivity contribution in [3.8, 4) is 0 Å². The van der Waals surface area contributed by atoms with Crippen molar-refractivity contribution in [2.75, 3.05) is 11.9 Å². The Morgan fingerprint density at radius 3 is 3.26 bits per heavy atom. The summed E-state index contributed by atoms with van der Waals surface area (Å²) in [6.45, 7) is 1.63. The average Bonchev–Trinajstić information content (AvgIpc) is 3.13. The molecule has 23 heavy (non-hydrogen) atoms. The van der Waals surface area contributed by atoms with E-state index in [1.165, 1.54) is 0 Å². The van der Waals surface area contributed by atoms with E-state index < -0.39 is 0 Å². The van der Waals surface area contributed by atoms with Crippen LogP contribution in [0.3, 0.4) is 0 Å². The average molecular weight is 331 g/mol. The van der Waals surface area contributed by atoms with Gasteiger partial charge in [0.2, 0.25) is 5.91 Å². The summed E-state index contributed by atoms with van der Waals surface area (Å²) in [4.78, 5) is 19.6. The predicted molar refractivity (Wildman–Crippen MR) is 87.4 cm³/mol. The van der Waals surface area contributed by atoms with Crippen LogP contribution < -0.4 is 10.6 Å². The van der Waals surface area contributed by atoms with Gasteiger partial charge in [-0.05, 0) is 11.6 Å². The van der Waals surface area contributed by atoms with Gasteiger partial charge in [0, 0.05) is 48.5 Å². The van der Waals surface area contributed by atoms with Crippen LogP contribution in [0.4, 0.5) is 5.82 Å². The van der Waals surface area contributed by atoms with Crippen molar-refractivity contribution >= 4 is 34.4 Å². The summed E-state index contributed by atoms with van der Waals surface area (Å²) in [6.07, 6.45) is 4.50. The number of hydrogen-bond acceptors (Lipinski definition) is 4. The zero-order chi connectivity index (χ0) is 15.8. The van der Waals surface area contributed by atoms with Gasteiger partial charge < -0.3 is 15.6 Å². The molecule has 0 spiro atoms. The predicted octanol–water partition coefficient (Wildman–Crippen LogP) is 1.77. The molecule has 0 bridgehead atoms. The number of anilines is 1. The lowest BCUT2D eigenvalue weighted by atomic mass is 10.1. The molecule has 0 radical (unpaired) electrons. The fourth-order valence-electron chi connectivity index (χ4n) is 2.90. The molecule has 0 aromatic carbocycles. The first-order chi connectivity index (χ1) is 11.2. The number of fused-ring (bicyclic) bond motifs is 2. The number of carbonyl (C=O) groups excluding carboxylic acids is 1. The summed E-state index contributed by atoms with van der Waals surface area (Å²) in [5.41, 5.74) is 3.61. The van der Waals surface area contributed by atoms with Gasteiger partial charge in [0.1, 0.15) is 5.65 Å². The Hall–Kier alpha value is -2.38. The number of nitrogens with zero attached hydrogens (tertiary/aromatic N) is 2. The minimum Gasteiger partial charge on any atom is -0.346 e. The number of amides is 1. The summed E-state index contributed by atoms with van der Waals surface area (Å²) >= 11 is 6.21. The highest BCUT2D eigenvalue weighted by Crippen LogP contribution is 2.26. The van der Waals surface area contributed by atoms with E-state index in [1.807, 2.05) is 0 Å². The number of halogens is 1. The highest BCUT2D eigenvalue weighted by Gasteiger charge is 2.19. The van der Waals surface area contributed by atoms with Gasteiger partial charge in [0.25, 0.3) is 0 Å². The Kier molecular flexibility index (Phi) is 3.51. The highest BCUT2D eigenvalue weighted by molar-refractivity contribution is 6.35. The smallest absolute Gasteiger partial charge is 0.230 e. The number of aromatic nitrogens is 4. The Morgan fingerprint density at radius 2 is 2.35 bits per heavy atom. The van der Waals surface area contributed by atoms with Crippen LogP contribution >= 0.6 is 11.6 Å². The molecule has 0 saturated carbocycles. The zero-order valence-corrected chi connectivity index (χ0v) is 13.0. The first-order valence-corrected chi connectivity index (χ1v) is 7.77. The second kappa shape index (κ2) is 5.68. The monoisotopic (exact) mass is 330 g/mol. The summed E-state index contributed by atoms with van der Waals surface area (Å²) in [7, 11) is 0. The van der Waals surface area contributed by atoms with E-state index in [2.05, 4.69) is 30.8 Å². The maximum absolute atomic E-state index is 12.4. The molecule has 1 aliphatic heterocycles. The quantitative estimate of drug-likeness (QED) is 0.588. The van der Waals surface area contributed by atoms with Crippen LogP contribution in [-0.4, -0.2) is 32.6 Å². The van der Waals surface area contributed by atoms with E-state index in [0.29, 0.717) is 23.0 Å². The molecule has 118 valence electrons. The number of rotatable bonds is 3. The van der Waals surface area contributed by atoms with Gasteiger partial charge in [0.15, 0.2) is 5.82 Å². The fourth-order valence-corrected chi connectivity index (χ4v) is 3.17. The van der Waals surface area contributed by atoms with Gasteiger partial charge in [-0.25, -0.2) is 4.98 Å². The third-order valence-electron chi connectivity index (χ3n) is 4.02. The molecule has 4 rings (SSSR count). The lowest BCUT2D eigenvalue weighted by Gasteiger charge is -2.13. The topological polar surface area (TPSA) is 98.5 Å². The fraction of sp³-hybridized carbons (Fsp3) is 0.267. The van der Waals surface area contributed by atoms with Crippen LogP contribution in [0, 0.1) is 0 Å². The normalized spacial score (nSPS) is 14.0. The molecule has 3 aromatic heterocycles. The summed E-state index contributed by atoms with van der Waals surface area (Å²) < 4.78 is 0. The number of hydrogen-bond donors (Lipinski definition) is 4. The van der Waals surface area contributed by atoms with Gasteiger partial charge in [0.05, 0.1) is 11.4 Å². The van der Waals surface area contributed by atoms with Crippen molar-refractivity contribution in [1.29, 1.82) is 0 Å². The maximum atomic E-state index is 12.4. The van der Waals surface area contributed by atoms with E-state index in [-0.39, 0.29) is 12.3 Å². The van der Waals surface area contributed by atoms with Crippen molar-refractivity contribution in [2.45, 2.75) is 19.4 Å². The van der Waals surface area contributed by atoms with E-state index in [1.54, 1.807) is 18.5 Å². The molecule has 1 aliphatic rings. The van der Waals surface area contributed by atoms with Gasteiger partial charge in [-0.2, -0.15) is 5.10 Å². The first kappa shape index (κ1) is 14.2. The molecule has 0 aliphatic carbocycles. The Bertz CT molecular complexity index is 883. The van der Waals surface area contributed by atoms with Crippen LogP contribution in [0.5, 0.6) is 0 Å². The minimum absolute atomic E-state index is 0.134. The van der Waals surface area contributed by atoms with Crippen molar-refractivity contribution in [1.82, 2.24) is 25.5 Å². The molecule has 0 unspecified atom stereocenters. The Balaban J connectivity index is 1.55. The third kappa shape index (κ3) is 2.58. The van der Waals surface area contributed by atoms with Crippen LogP contribution in [0.15, 0.2) is 18.5 Å². The minimum atomic E-state index is -0.134. The van der Waals surface area contributed by atoms with Gasteiger partial charge in [-0.1, -0.05) is 11.6 Å². The second-order valence-corrected chi connectivity index (χ2v) is 5.92. The molecule has 0 fully saturated rings. The zero-order valence-electron chi connectivity index (χ0n) is 12.2.